The molecule has 2 bridgehead atoms. The van der Waals surface area contributed by atoms with Gasteiger partial charge in [-0.05, 0) is 93.7 Å². The highest BCUT2D eigenvalue weighted by Crippen LogP contribution is 2.54. The number of hydrogen-bond donors (Lipinski definition) is 3. The topological polar surface area (TPSA) is 109 Å². The molecule has 2 amide bonds. The minimum Gasteiger partial charge on any atom is -0.496 e. The monoisotopic (exact) mass is 653 g/mol. The quantitative estimate of drug-likeness (QED) is 0.198. The molecule has 1 aliphatic heterocycles. The van der Waals surface area contributed by atoms with Crippen molar-refractivity contribution >= 4 is 23.2 Å². The molecule has 4 aliphatic rings. The highest BCUT2D eigenvalue weighted by atomic mass is 19.4. The first kappa shape index (κ1) is 32.6. The van der Waals surface area contributed by atoms with Crippen LogP contribution in [0.1, 0.15) is 67.4 Å². The molecule has 248 valence electrons. The van der Waals surface area contributed by atoms with Gasteiger partial charge in [0.1, 0.15) is 11.6 Å². The van der Waals surface area contributed by atoms with Crippen molar-refractivity contribution in [1.82, 2.24) is 5.32 Å². The number of allylic oxidation sites excluding steroid dienone is 1. The van der Waals surface area contributed by atoms with Crippen molar-refractivity contribution in [2.45, 2.75) is 69.9 Å². The van der Waals surface area contributed by atoms with Gasteiger partial charge in [-0.15, -0.1) is 0 Å². The third kappa shape index (κ3) is 6.86. The Kier molecular flexibility index (Phi) is 8.55. The van der Waals surface area contributed by atoms with E-state index in [4.69, 9.17) is 9.57 Å². The zero-order chi connectivity index (χ0) is 33.7. The third-order valence-corrected chi connectivity index (χ3v) is 9.36. The lowest BCUT2D eigenvalue weighted by Gasteiger charge is -2.28. The first-order valence-corrected chi connectivity index (χ1v) is 15.6. The summed E-state index contributed by atoms with van der Waals surface area (Å²) in [4.78, 5) is 32.1. The van der Waals surface area contributed by atoms with E-state index in [1.807, 2.05) is 0 Å². The summed E-state index contributed by atoms with van der Waals surface area (Å²) in [7, 11) is 1.46. The maximum absolute atomic E-state index is 13.9. The first-order chi connectivity index (χ1) is 22.2. The van der Waals surface area contributed by atoms with Crippen LogP contribution in [-0.2, 0) is 15.8 Å². The van der Waals surface area contributed by atoms with E-state index in [-0.39, 0.29) is 23.1 Å². The maximum atomic E-state index is 13.9. The van der Waals surface area contributed by atoms with Crippen molar-refractivity contribution in [2.75, 3.05) is 12.4 Å². The summed E-state index contributed by atoms with van der Waals surface area (Å²) in [6.45, 7) is 3.28. The molecule has 12 heteroatoms. The Morgan fingerprint density at radius 1 is 1.09 bits per heavy atom. The molecule has 6 rings (SSSR count). The summed E-state index contributed by atoms with van der Waals surface area (Å²) < 4.78 is 58.7. The van der Waals surface area contributed by atoms with Crippen molar-refractivity contribution in [3.8, 4) is 17.6 Å². The van der Waals surface area contributed by atoms with Crippen molar-refractivity contribution in [2.24, 2.45) is 28.8 Å². The van der Waals surface area contributed by atoms with Crippen LogP contribution in [0.5, 0.6) is 5.75 Å². The summed E-state index contributed by atoms with van der Waals surface area (Å²) >= 11 is 0. The number of carbonyl (C=O) groups is 2. The molecule has 3 saturated carbocycles. The van der Waals surface area contributed by atoms with E-state index >= 15 is 0 Å². The standard InChI is InChI=1S/C35H35F4N3O5/c1-34(2,45)30-17-28(42-47-30)19-6-12-29(46-3)25(15-19)33(44)41-32-22(21-8-9-23(32)24(21)14-18-4-5-18)10-13-31(43)40-20-7-11-27(36)26(16-20)35(37,38)39/h6-7,11-12,14-16,18,21-23,30,32,45H,4-5,8-9,17H2,1-3H3,(H,40,43)(H,41,44)/b24-14-/t21?,22-,23+,30?,32-/m0/s1. The van der Waals surface area contributed by atoms with Gasteiger partial charge in [0, 0.05) is 29.5 Å². The number of aliphatic hydroxyl groups is 1. The lowest BCUT2D eigenvalue weighted by atomic mass is 9.84. The van der Waals surface area contributed by atoms with Gasteiger partial charge in [-0.1, -0.05) is 22.7 Å². The number of ether oxygens (including phenoxy) is 1. The number of oxime groups is 1. The second-order valence-corrected chi connectivity index (χ2v) is 13.1. The van der Waals surface area contributed by atoms with Crippen molar-refractivity contribution in [1.29, 1.82) is 0 Å². The smallest absolute Gasteiger partial charge is 0.419 e. The van der Waals surface area contributed by atoms with Crippen molar-refractivity contribution in [3.05, 3.63) is 70.6 Å². The number of methoxy groups -OCH3 is 1. The zero-order valence-electron chi connectivity index (χ0n) is 26.1. The Morgan fingerprint density at radius 3 is 2.49 bits per heavy atom. The molecule has 2 unspecified atom stereocenters. The number of anilines is 1. The van der Waals surface area contributed by atoms with E-state index in [0.29, 0.717) is 41.5 Å². The van der Waals surface area contributed by atoms with Crippen LogP contribution in [0.3, 0.4) is 0 Å². The van der Waals surface area contributed by atoms with Gasteiger partial charge in [0.2, 0.25) is 0 Å². The second-order valence-electron chi connectivity index (χ2n) is 13.1. The van der Waals surface area contributed by atoms with Crippen LogP contribution in [0.15, 0.2) is 53.2 Å². The van der Waals surface area contributed by atoms with Gasteiger partial charge >= 0.3 is 6.18 Å². The summed E-state index contributed by atoms with van der Waals surface area (Å²) in [5.74, 6) is 3.32. The average Bonchev–Trinajstić information content (AvgIpc) is 3.41. The van der Waals surface area contributed by atoms with E-state index in [1.165, 1.54) is 12.7 Å². The fourth-order valence-corrected chi connectivity index (χ4v) is 6.76. The SMILES string of the molecule is COc1ccc(C2=NOC(C(C)(C)O)C2)cc1C(=O)N[C@@H]1[C@@H]2CCC(/C2=C/C2CC2)[C@@H]1C#CC(=O)Nc1ccc(F)c(C(F)(F)F)c1. The van der Waals surface area contributed by atoms with Gasteiger partial charge in [0.05, 0.1) is 35.6 Å². The summed E-state index contributed by atoms with van der Waals surface area (Å²) in [6, 6.07) is 6.90. The fraction of sp³-hybridized carbons (Fsp3) is 0.457. The summed E-state index contributed by atoms with van der Waals surface area (Å²) in [6.07, 6.45) is 1.06. The van der Waals surface area contributed by atoms with E-state index < -0.39 is 53.0 Å². The molecule has 47 heavy (non-hydrogen) atoms. The largest absolute Gasteiger partial charge is 0.496 e. The number of benzene rings is 2. The number of alkyl halides is 3. The molecule has 2 aromatic carbocycles. The second kappa shape index (κ2) is 12.3. The Bertz CT molecular complexity index is 1710. The van der Waals surface area contributed by atoms with Gasteiger partial charge in [-0.3, -0.25) is 9.59 Å². The Balaban J connectivity index is 1.24. The van der Waals surface area contributed by atoms with Crippen LogP contribution in [-0.4, -0.2) is 47.5 Å². The number of nitrogens with zero attached hydrogens (tertiary/aromatic N) is 1. The van der Waals surface area contributed by atoms with Crippen LogP contribution in [0.25, 0.3) is 0 Å². The van der Waals surface area contributed by atoms with Crippen LogP contribution in [0.4, 0.5) is 23.2 Å². The number of hydrogen-bond acceptors (Lipinski definition) is 6. The molecule has 3 aliphatic carbocycles. The van der Waals surface area contributed by atoms with E-state index in [1.54, 1.807) is 32.0 Å². The number of fused-ring (bicyclic) bond motifs is 2. The molecular formula is C35H35F4N3O5. The van der Waals surface area contributed by atoms with Crippen LogP contribution in [0.2, 0.25) is 0 Å². The van der Waals surface area contributed by atoms with Crippen LogP contribution in [0, 0.1) is 41.3 Å². The number of halogens is 4. The number of nitrogens with one attached hydrogen (secondary N) is 2. The predicted molar refractivity (Wildman–Crippen MR) is 165 cm³/mol. The maximum Gasteiger partial charge on any atom is 0.419 e. The Morgan fingerprint density at radius 2 is 1.83 bits per heavy atom. The molecule has 3 fully saturated rings. The summed E-state index contributed by atoms with van der Waals surface area (Å²) in [5.41, 5.74) is -0.100. The minimum absolute atomic E-state index is 0.0193. The van der Waals surface area contributed by atoms with E-state index in [0.717, 1.165) is 31.7 Å². The molecule has 1 heterocycles. The number of amides is 2. The van der Waals surface area contributed by atoms with Gasteiger partial charge in [-0.25, -0.2) is 4.39 Å². The van der Waals surface area contributed by atoms with Crippen molar-refractivity contribution < 1.29 is 41.8 Å². The van der Waals surface area contributed by atoms with Gasteiger partial charge in [0.25, 0.3) is 11.8 Å². The lowest BCUT2D eigenvalue weighted by molar-refractivity contribution is -0.140. The first-order valence-electron chi connectivity index (χ1n) is 15.6. The molecule has 0 spiro atoms. The number of carbonyl (C=O) groups excluding carboxylic acids is 2. The molecule has 8 nitrogen and oxygen atoms in total. The average molecular weight is 654 g/mol. The molecule has 0 radical (unpaired) electrons. The predicted octanol–water partition coefficient (Wildman–Crippen LogP) is 5.85. The normalized spacial score (nSPS) is 25.9. The summed E-state index contributed by atoms with van der Waals surface area (Å²) in [5, 5.41) is 20.0. The molecule has 3 N–H and O–H groups in total. The van der Waals surface area contributed by atoms with Gasteiger partial charge in [0.15, 0.2) is 6.10 Å². The Hall–Kier alpha value is -4.37. The third-order valence-electron chi connectivity index (χ3n) is 9.36. The minimum atomic E-state index is -4.92. The highest BCUT2D eigenvalue weighted by molar-refractivity contribution is 6.05. The highest BCUT2D eigenvalue weighted by Gasteiger charge is 2.52. The van der Waals surface area contributed by atoms with Crippen LogP contribution >= 0.6 is 0 Å². The molecular weight excluding hydrogens is 618 g/mol. The molecule has 5 atom stereocenters. The lowest BCUT2D eigenvalue weighted by Crippen LogP contribution is -2.43. The van der Waals surface area contributed by atoms with E-state index in [2.05, 4.69) is 33.7 Å². The van der Waals surface area contributed by atoms with E-state index in [9.17, 15) is 32.3 Å². The molecule has 0 saturated heterocycles. The molecule has 0 aromatic heterocycles. The number of rotatable bonds is 7. The van der Waals surface area contributed by atoms with Gasteiger partial charge in [-0.2, -0.15) is 13.2 Å². The molecule has 2 aromatic rings. The van der Waals surface area contributed by atoms with Crippen molar-refractivity contribution in [3.63, 3.8) is 0 Å². The Labute approximate surface area is 269 Å². The van der Waals surface area contributed by atoms with Crippen LogP contribution < -0.4 is 15.4 Å². The van der Waals surface area contributed by atoms with Gasteiger partial charge < -0.3 is 25.3 Å². The zero-order valence-corrected chi connectivity index (χ0v) is 26.1. The fourth-order valence-electron chi connectivity index (χ4n) is 6.76.